The Kier molecular flexibility index (Phi) is 5.24. The number of hydrogen-bond donors (Lipinski definition) is 1. The van der Waals surface area contributed by atoms with Gasteiger partial charge in [0.25, 0.3) is 5.72 Å². The number of carboxylic acid groups (broad SMARTS) is 1. The van der Waals surface area contributed by atoms with E-state index < -0.39 is 17.3 Å². The summed E-state index contributed by atoms with van der Waals surface area (Å²) >= 11 is 0. The van der Waals surface area contributed by atoms with Crippen molar-refractivity contribution in [2.24, 2.45) is 4.99 Å². The highest BCUT2D eigenvalue weighted by Gasteiger charge is 2.43. The lowest BCUT2D eigenvalue weighted by atomic mass is 10.0. The first kappa shape index (κ1) is 16.9. The molecule has 0 fully saturated rings. The number of methoxy groups -OCH3 is 1. The fraction of sp³-hybridized carbons (Fsp3) is 0.467. The fourth-order valence-corrected chi connectivity index (χ4v) is 1.87. The van der Waals surface area contributed by atoms with Crippen LogP contribution in [0.4, 0.5) is 0 Å². The van der Waals surface area contributed by atoms with Gasteiger partial charge in [-0.2, -0.15) is 4.99 Å². The first-order chi connectivity index (χ1) is 9.72. The highest BCUT2D eigenvalue weighted by Crippen LogP contribution is 2.27. The van der Waals surface area contributed by atoms with Gasteiger partial charge in [0.05, 0.1) is 12.7 Å². The number of rotatable bonds is 6. The maximum Gasteiger partial charge on any atom is 0.360 e. The summed E-state index contributed by atoms with van der Waals surface area (Å²) in [7, 11) is 1.54. The number of isocyanates is 1. The van der Waals surface area contributed by atoms with Crippen molar-refractivity contribution < 1.29 is 24.2 Å². The van der Waals surface area contributed by atoms with Crippen molar-refractivity contribution in [2.75, 3.05) is 7.11 Å². The van der Waals surface area contributed by atoms with E-state index in [0.29, 0.717) is 11.3 Å². The van der Waals surface area contributed by atoms with E-state index in [1.807, 2.05) is 0 Å². The predicted octanol–water partition coefficient (Wildman–Crippen LogP) is 2.17. The maximum absolute atomic E-state index is 11.6. The van der Waals surface area contributed by atoms with Gasteiger partial charge in [0.1, 0.15) is 5.75 Å². The van der Waals surface area contributed by atoms with Crippen LogP contribution in [0.15, 0.2) is 29.3 Å². The summed E-state index contributed by atoms with van der Waals surface area (Å²) in [6.45, 7) is 5.08. The number of aliphatic carboxylic acids is 1. The lowest BCUT2D eigenvalue weighted by Crippen LogP contribution is -2.47. The van der Waals surface area contributed by atoms with E-state index >= 15 is 0 Å². The van der Waals surface area contributed by atoms with Gasteiger partial charge in [-0.25, -0.2) is 9.59 Å². The minimum absolute atomic E-state index is 0.0845. The van der Waals surface area contributed by atoms with Crippen LogP contribution in [0.25, 0.3) is 0 Å². The monoisotopic (exact) mass is 293 g/mol. The molecule has 6 heteroatoms. The van der Waals surface area contributed by atoms with E-state index in [1.165, 1.54) is 13.2 Å². The Morgan fingerprint density at radius 2 is 1.86 bits per heavy atom. The highest BCUT2D eigenvalue weighted by molar-refractivity contribution is 5.78. The van der Waals surface area contributed by atoms with Crippen LogP contribution in [0.2, 0.25) is 0 Å². The SMILES string of the molecule is COc1ccc(C[C@](N=C=O)(OC(C)(C)C)C(=O)O)cc1. The first-order valence-corrected chi connectivity index (χ1v) is 6.38. The molecule has 0 saturated carbocycles. The van der Waals surface area contributed by atoms with Gasteiger partial charge in [0.15, 0.2) is 0 Å². The van der Waals surface area contributed by atoms with E-state index in [0.717, 1.165) is 0 Å². The van der Waals surface area contributed by atoms with Crippen molar-refractivity contribution in [1.82, 2.24) is 0 Å². The molecule has 1 N–H and O–H groups in total. The summed E-state index contributed by atoms with van der Waals surface area (Å²) in [5.41, 5.74) is -2.12. The molecular formula is C15H19NO5. The number of benzene rings is 1. The van der Waals surface area contributed by atoms with Gasteiger partial charge in [0.2, 0.25) is 6.08 Å². The van der Waals surface area contributed by atoms with E-state index in [-0.39, 0.29) is 6.42 Å². The van der Waals surface area contributed by atoms with Crippen LogP contribution in [0.3, 0.4) is 0 Å². The third kappa shape index (κ3) is 4.70. The Morgan fingerprint density at radius 1 is 1.29 bits per heavy atom. The Bertz CT molecular complexity index is 536. The zero-order chi connectivity index (χ0) is 16.1. The molecule has 0 amide bonds. The molecule has 0 aromatic heterocycles. The zero-order valence-corrected chi connectivity index (χ0v) is 12.5. The van der Waals surface area contributed by atoms with Gasteiger partial charge in [0, 0.05) is 6.42 Å². The van der Waals surface area contributed by atoms with Crippen LogP contribution in [-0.4, -0.2) is 35.6 Å². The molecule has 0 unspecified atom stereocenters. The second-order valence-corrected chi connectivity index (χ2v) is 5.53. The number of ether oxygens (including phenoxy) is 2. The molecule has 6 nitrogen and oxygen atoms in total. The van der Waals surface area contributed by atoms with Crippen molar-refractivity contribution in [3.8, 4) is 5.75 Å². The van der Waals surface area contributed by atoms with Crippen LogP contribution < -0.4 is 4.74 Å². The minimum Gasteiger partial charge on any atom is -0.497 e. The van der Waals surface area contributed by atoms with E-state index in [2.05, 4.69) is 4.99 Å². The summed E-state index contributed by atoms with van der Waals surface area (Å²) in [5.74, 6) is -0.688. The number of carbonyl (C=O) groups excluding carboxylic acids is 1. The van der Waals surface area contributed by atoms with Crippen LogP contribution in [0, 0.1) is 0 Å². The Labute approximate surface area is 123 Å². The molecule has 1 aromatic carbocycles. The van der Waals surface area contributed by atoms with Crippen LogP contribution in [0.1, 0.15) is 26.3 Å². The molecule has 0 spiro atoms. The van der Waals surface area contributed by atoms with Gasteiger partial charge in [-0.05, 0) is 38.5 Å². The third-order valence-corrected chi connectivity index (χ3v) is 2.64. The van der Waals surface area contributed by atoms with Crippen LogP contribution >= 0.6 is 0 Å². The quantitative estimate of drug-likeness (QED) is 0.641. The van der Waals surface area contributed by atoms with Crippen molar-refractivity contribution in [1.29, 1.82) is 0 Å². The normalized spacial score (nSPS) is 13.9. The van der Waals surface area contributed by atoms with Crippen molar-refractivity contribution in [3.63, 3.8) is 0 Å². The molecule has 0 aliphatic rings. The average Bonchev–Trinajstić information content (AvgIpc) is 2.37. The average molecular weight is 293 g/mol. The standard InChI is InChI=1S/C15H19NO5/c1-14(2,3)21-15(13(18)19,16-10-17)9-11-5-7-12(20-4)8-6-11/h5-8H,9H2,1-4H3,(H,18,19)/t15-/m0/s1. The van der Waals surface area contributed by atoms with Crippen LogP contribution in [0.5, 0.6) is 5.75 Å². The summed E-state index contributed by atoms with van der Waals surface area (Å²) in [4.78, 5) is 25.7. The molecule has 1 atom stereocenters. The van der Waals surface area contributed by atoms with Crippen molar-refractivity contribution >= 4 is 12.0 Å². The number of aliphatic imine (C=N–C) groups is 1. The van der Waals surface area contributed by atoms with Gasteiger partial charge in [-0.15, -0.1) is 0 Å². The second kappa shape index (κ2) is 6.52. The molecule has 0 aliphatic carbocycles. The fourth-order valence-electron chi connectivity index (χ4n) is 1.87. The molecule has 0 radical (unpaired) electrons. The summed E-state index contributed by atoms with van der Waals surface area (Å²) in [6, 6.07) is 6.79. The van der Waals surface area contributed by atoms with Gasteiger partial charge < -0.3 is 14.6 Å². The predicted molar refractivity (Wildman–Crippen MR) is 76.0 cm³/mol. The molecule has 0 heterocycles. The summed E-state index contributed by atoms with van der Waals surface area (Å²) in [6.07, 6.45) is 1.22. The lowest BCUT2D eigenvalue weighted by Gasteiger charge is -2.32. The van der Waals surface area contributed by atoms with Gasteiger partial charge in [-0.1, -0.05) is 12.1 Å². The molecule has 1 aromatic rings. The van der Waals surface area contributed by atoms with Gasteiger partial charge >= 0.3 is 5.97 Å². The molecule has 0 bridgehead atoms. The second-order valence-electron chi connectivity index (χ2n) is 5.53. The third-order valence-electron chi connectivity index (χ3n) is 2.64. The van der Waals surface area contributed by atoms with Crippen LogP contribution in [-0.2, 0) is 20.7 Å². The van der Waals surface area contributed by atoms with Crippen molar-refractivity contribution in [2.45, 2.75) is 38.5 Å². The summed E-state index contributed by atoms with van der Waals surface area (Å²) < 4.78 is 10.6. The van der Waals surface area contributed by atoms with E-state index in [1.54, 1.807) is 45.0 Å². The van der Waals surface area contributed by atoms with E-state index in [9.17, 15) is 14.7 Å². The summed E-state index contributed by atoms with van der Waals surface area (Å²) in [5, 5.41) is 9.46. The van der Waals surface area contributed by atoms with Gasteiger partial charge in [-0.3, -0.25) is 0 Å². The van der Waals surface area contributed by atoms with Crippen molar-refractivity contribution in [3.05, 3.63) is 29.8 Å². The number of carboxylic acids is 1. The Morgan fingerprint density at radius 3 is 2.24 bits per heavy atom. The Hall–Kier alpha value is -2.17. The number of hydrogen-bond acceptors (Lipinski definition) is 5. The topological polar surface area (TPSA) is 85.2 Å². The highest BCUT2D eigenvalue weighted by atomic mass is 16.6. The molecule has 1 rings (SSSR count). The minimum atomic E-state index is -1.99. The molecular weight excluding hydrogens is 274 g/mol. The molecule has 21 heavy (non-hydrogen) atoms. The van der Waals surface area contributed by atoms with E-state index in [4.69, 9.17) is 9.47 Å². The number of carbonyl (C=O) groups is 1. The first-order valence-electron chi connectivity index (χ1n) is 6.38. The molecule has 114 valence electrons. The largest absolute Gasteiger partial charge is 0.497 e. The zero-order valence-electron chi connectivity index (χ0n) is 12.5. The molecule has 0 aliphatic heterocycles. The molecule has 0 saturated heterocycles. The Balaban J connectivity index is 3.16. The lowest BCUT2D eigenvalue weighted by molar-refractivity contribution is -0.182. The maximum atomic E-state index is 11.6. The smallest absolute Gasteiger partial charge is 0.360 e. The number of nitrogens with zero attached hydrogens (tertiary/aromatic N) is 1.